The van der Waals surface area contributed by atoms with Gasteiger partial charge in [-0.25, -0.2) is 0 Å². The fourth-order valence-corrected chi connectivity index (χ4v) is 4.99. The number of likely N-dealkylation sites (tertiary alicyclic amines) is 1. The maximum atomic E-state index is 13.1. The summed E-state index contributed by atoms with van der Waals surface area (Å²) >= 11 is 0. The molecule has 0 unspecified atom stereocenters. The Balaban J connectivity index is 1.99. The van der Waals surface area contributed by atoms with E-state index in [0.29, 0.717) is 42.9 Å². The first-order chi connectivity index (χ1) is 16.8. The summed E-state index contributed by atoms with van der Waals surface area (Å²) in [7, 11) is 0. The second-order valence-corrected chi connectivity index (χ2v) is 9.97. The van der Waals surface area contributed by atoms with Crippen LogP contribution in [-0.2, 0) is 17.1 Å². The molecule has 1 fully saturated rings. The molecular formula is C27H31F6NO2. The number of piperidine rings is 1. The van der Waals surface area contributed by atoms with Crippen molar-refractivity contribution < 1.29 is 36.2 Å². The van der Waals surface area contributed by atoms with Crippen LogP contribution in [0.2, 0.25) is 0 Å². The highest BCUT2D eigenvalue weighted by Gasteiger charge is 2.37. The molecule has 3 atom stereocenters. The molecule has 0 saturated carbocycles. The number of carbonyl (C=O) groups is 1. The summed E-state index contributed by atoms with van der Waals surface area (Å²) in [6.07, 6.45) is -6.48. The van der Waals surface area contributed by atoms with Crippen LogP contribution in [-0.4, -0.2) is 22.5 Å². The normalized spacial score (nSPS) is 20.5. The average Bonchev–Trinajstić information content (AvgIpc) is 2.78. The Morgan fingerprint density at radius 1 is 0.917 bits per heavy atom. The lowest BCUT2D eigenvalue weighted by atomic mass is 9.82. The molecule has 1 aliphatic heterocycles. The van der Waals surface area contributed by atoms with E-state index in [4.69, 9.17) is 0 Å². The van der Waals surface area contributed by atoms with E-state index < -0.39 is 29.4 Å². The van der Waals surface area contributed by atoms with Gasteiger partial charge in [0.25, 0.3) is 0 Å². The highest BCUT2D eigenvalue weighted by molar-refractivity contribution is 5.67. The molecule has 1 aliphatic rings. The Morgan fingerprint density at radius 3 is 1.92 bits per heavy atom. The van der Waals surface area contributed by atoms with Gasteiger partial charge in [0.05, 0.1) is 11.1 Å². The third-order valence-corrected chi connectivity index (χ3v) is 6.88. The fourth-order valence-electron chi connectivity index (χ4n) is 4.99. The summed E-state index contributed by atoms with van der Waals surface area (Å²) in [5, 5.41) is 9.31. The molecule has 3 nitrogen and oxygen atoms in total. The predicted molar refractivity (Wildman–Crippen MR) is 124 cm³/mol. The quantitative estimate of drug-likeness (QED) is 0.361. The van der Waals surface area contributed by atoms with Gasteiger partial charge in [0.15, 0.2) is 0 Å². The van der Waals surface area contributed by atoms with E-state index in [0.717, 1.165) is 30.7 Å². The Hall–Kier alpha value is -2.55. The number of benzene rings is 2. The molecule has 0 bridgehead atoms. The monoisotopic (exact) mass is 515 g/mol. The van der Waals surface area contributed by atoms with Gasteiger partial charge in [-0.2, -0.15) is 26.3 Å². The molecular weight excluding hydrogens is 484 g/mol. The van der Waals surface area contributed by atoms with Crippen LogP contribution in [0.15, 0.2) is 48.5 Å². The molecule has 36 heavy (non-hydrogen) atoms. The van der Waals surface area contributed by atoms with Gasteiger partial charge in [0.2, 0.25) is 0 Å². The maximum Gasteiger partial charge on any atom is 0.416 e. The molecule has 198 valence electrons. The molecule has 1 heterocycles. The molecule has 0 aromatic heterocycles. The zero-order valence-corrected chi connectivity index (χ0v) is 20.2. The van der Waals surface area contributed by atoms with Crippen molar-refractivity contribution in [1.29, 1.82) is 0 Å². The first-order valence-corrected chi connectivity index (χ1v) is 12.1. The second-order valence-electron chi connectivity index (χ2n) is 9.97. The van der Waals surface area contributed by atoms with E-state index in [9.17, 15) is 36.2 Å². The van der Waals surface area contributed by atoms with Gasteiger partial charge < -0.3 is 5.11 Å². The van der Waals surface area contributed by atoms with E-state index in [1.165, 1.54) is 24.3 Å². The summed E-state index contributed by atoms with van der Waals surface area (Å²) in [6.45, 7) is 4.60. The van der Waals surface area contributed by atoms with Gasteiger partial charge in [-0.05, 0) is 79.5 Å². The van der Waals surface area contributed by atoms with Gasteiger partial charge in [-0.15, -0.1) is 0 Å². The minimum atomic E-state index is -4.48. The zero-order chi connectivity index (χ0) is 26.7. The molecule has 2 aromatic carbocycles. The van der Waals surface area contributed by atoms with E-state index in [2.05, 4.69) is 18.7 Å². The van der Waals surface area contributed by atoms with Crippen LogP contribution in [0.4, 0.5) is 26.3 Å². The van der Waals surface area contributed by atoms with Gasteiger partial charge in [0.1, 0.15) is 0 Å². The summed E-state index contributed by atoms with van der Waals surface area (Å²) < 4.78 is 78.8. The Bertz CT molecular complexity index is 999. The smallest absolute Gasteiger partial charge is 0.416 e. The van der Waals surface area contributed by atoms with Crippen LogP contribution in [0.1, 0.15) is 80.3 Å². The molecule has 3 rings (SSSR count). The van der Waals surface area contributed by atoms with Crippen LogP contribution < -0.4 is 0 Å². The lowest BCUT2D eigenvalue weighted by Gasteiger charge is -2.44. The molecule has 1 saturated heterocycles. The van der Waals surface area contributed by atoms with Crippen LogP contribution >= 0.6 is 0 Å². The lowest BCUT2D eigenvalue weighted by molar-refractivity contribution is -0.139. The van der Waals surface area contributed by atoms with Crippen molar-refractivity contribution in [3.63, 3.8) is 0 Å². The van der Waals surface area contributed by atoms with Crippen molar-refractivity contribution in [3.05, 3.63) is 70.8 Å². The summed E-state index contributed by atoms with van der Waals surface area (Å²) in [5.41, 5.74) is -0.167. The van der Waals surface area contributed by atoms with E-state index >= 15 is 0 Å². The van der Waals surface area contributed by atoms with E-state index in [1.54, 1.807) is 0 Å². The minimum absolute atomic E-state index is 0.0398. The highest BCUT2D eigenvalue weighted by Crippen LogP contribution is 2.43. The minimum Gasteiger partial charge on any atom is -0.481 e. The third kappa shape index (κ3) is 7.24. The number of aliphatic carboxylic acids is 1. The zero-order valence-electron chi connectivity index (χ0n) is 20.2. The third-order valence-electron chi connectivity index (χ3n) is 6.88. The fraction of sp³-hybridized carbons (Fsp3) is 0.519. The molecule has 0 spiro atoms. The standard InChI is InChI=1S/C27H31F6NO2/c1-17(2)3-12-23(19-4-8-21(9-5-19)26(28,29)30)34-14-13-18(16-25(35)36)15-24(34)20-6-10-22(11-7-20)27(31,32)33/h4-11,17-18,23-24H,3,12-16H2,1-2H3,(H,35,36)/t18-,23-,24+/m1/s1. The largest absolute Gasteiger partial charge is 0.481 e. The predicted octanol–water partition coefficient (Wildman–Crippen LogP) is 8.13. The van der Waals surface area contributed by atoms with Crippen molar-refractivity contribution in [1.82, 2.24) is 4.90 Å². The van der Waals surface area contributed by atoms with Crippen molar-refractivity contribution in [3.8, 4) is 0 Å². The maximum absolute atomic E-state index is 13.1. The first kappa shape index (κ1) is 28.0. The SMILES string of the molecule is CC(C)CC[C@H](c1ccc(C(F)(F)F)cc1)N1CC[C@@H](CC(=O)O)C[C@H]1c1ccc(C(F)(F)F)cc1. The van der Waals surface area contributed by atoms with Crippen LogP contribution in [0.25, 0.3) is 0 Å². The number of rotatable bonds is 8. The number of hydrogen-bond acceptors (Lipinski definition) is 2. The lowest BCUT2D eigenvalue weighted by Crippen LogP contribution is -2.40. The number of carboxylic acid groups (broad SMARTS) is 1. The topological polar surface area (TPSA) is 40.5 Å². The van der Waals surface area contributed by atoms with E-state index in [1.807, 2.05) is 0 Å². The van der Waals surface area contributed by atoms with E-state index in [-0.39, 0.29) is 24.4 Å². The van der Waals surface area contributed by atoms with Crippen LogP contribution in [0.3, 0.4) is 0 Å². The van der Waals surface area contributed by atoms with Crippen LogP contribution in [0.5, 0.6) is 0 Å². The molecule has 0 amide bonds. The molecule has 2 aromatic rings. The first-order valence-electron chi connectivity index (χ1n) is 12.1. The Kier molecular flexibility index (Phi) is 8.75. The van der Waals surface area contributed by atoms with Gasteiger partial charge in [-0.3, -0.25) is 9.69 Å². The number of nitrogens with zero attached hydrogens (tertiary/aromatic N) is 1. The second kappa shape index (κ2) is 11.2. The van der Waals surface area contributed by atoms with Gasteiger partial charge >= 0.3 is 18.3 Å². The number of hydrogen-bond donors (Lipinski definition) is 1. The van der Waals surface area contributed by atoms with Gasteiger partial charge in [-0.1, -0.05) is 38.1 Å². The summed E-state index contributed by atoms with van der Waals surface area (Å²) in [5.74, 6) is -0.737. The number of carboxylic acids is 1. The van der Waals surface area contributed by atoms with Crippen molar-refractivity contribution >= 4 is 5.97 Å². The molecule has 1 N–H and O–H groups in total. The average molecular weight is 516 g/mol. The van der Waals surface area contributed by atoms with Gasteiger partial charge in [0, 0.05) is 18.5 Å². The number of alkyl halides is 6. The molecule has 0 aliphatic carbocycles. The Labute approximate surface area is 207 Å². The number of halogens is 6. The highest BCUT2D eigenvalue weighted by atomic mass is 19.4. The van der Waals surface area contributed by atoms with Crippen molar-refractivity contribution in [2.75, 3.05) is 6.54 Å². The Morgan fingerprint density at radius 2 is 1.44 bits per heavy atom. The van der Waals surface area contributed by atoms with Crippen LogP contribution in [0, 0.1) is 11.8 Å². The molecule has 9 heteroatoms. The summed E-state index contributed by atoms with van der Waals surface area (Å²) in [6, 6.07) is 9.35. The van der Waals surface area contributed by atoms with Crippen molar-refractivity contribution in [2.45, 2.75) is 70.4 Å². The van der Waals surface area contributed by atoms with Crippen molar-refractivity contribution in [2.24, 2.45) is 11.8 Å². The molecule has 0 radical (unpaired) electrons. The summed E-state index contributed by atoms with van der Waals surface area (Å²) in [4.78, 5) is 13.5.